The van der Waals surface area contributed by atoms with Crippen molar-refractivity contribution in [2.75, 3.05) is 13.2 Å². The van der Waals surface area contributed by atoms with Crippen LogP contribution in [0.15, 0.2) is 48.6 Å². The summed E-state index contributed by atoms with van der Waals surface area (Å²) < 4.78 is 16.9. The molecule has 0 rings (SSSR count). The van der Waals surface area contributed by atoms with Crippen molar-refractivity contribution in [2.24, 2.45) is 0 Å². The molecule has 0 aliphatic heterocycles. The van der Waals surface area contributed by atoms with Crippen LogP contribution in [0.25, 0.3) is 0 Å². The van der Waals surface area contributed by atoms with Crippen LogP contribution >= 0.6 is 0 Å². The zero-order chi connectivity index (χ0) is 55.7. The van der Waals surface area contributed by atoms with E-state index >= 15 is 0 Å². The summed E-state index contributed by atoms with van der Waals surface area (Å²) in [7, 11) is 0. The molecule has 0 saturated heterocycles. The van der Waals surface area contributed by atoms with Crippen molar-refractivity contribution < 1.29 is 28.6 Å². The quantitative estimate of drug-likeness (QED) is 0.0261. The van der Waals surface area contributed by atoms with E-state index in [0.29, 0.717) is 19.3 Å². The number of rotatable bonds is 63. The third-order valence-electron chi connectivity index (χ3n) is 15.3. The van der Waals surface area contributed by atoms with Crippen molar-refractivity contribution in [2.45, 2.75) is 374 Å². The Morgan fingerprint density at radius 1 is 0.260 bits per heavy atom. The van der Waals surface area contributed by atoms with E-state index in [4.69, 9.17) is 14.2 Å². The topological polar surface area (TPSA) is 78.9 Å². The Hall–Kier alpha value is -2.63. The zero-order valence-electron chi connectivity index (χ0n) is 51.7. The van der Waals surface area contributed by atoms with Crippen LogP contribution in [0, 0.1) is 0 Å². The standard InChI is InChI=1S/C71H130O6/c1-4-7-10-13-16-19-22-25-26-27-28-29-30-31-32-33-34-35-36-37-38-39-40-41-42-43-44-45-46-47-50-52-55-58-61-64-70(73)76-67-68(77-71(74)65-62-59-56-53-49-24-21-18-15-12-9-6-3)66-75-69(72)63-60-57-54-51-48-23-20-17-14-11-8-5-2/h17-18,20-22,25,27-28,68H,4-16,19,23-24,26,29-67H2,1-3H3/b20-17-,21-18-,25-22-,28-27-. The minimum absolute atomic E-state index is 0.0750. The minimum Gasteiger partial charge on any atom is -0.462 e. The van der Waals surface area contributed by atoms with Crippen molar-refractivity contribution in [3.8, 4) is 0 Å². The van der Waals surface area contributed by atoms with Crippen molar-refractivity contribution in [1.29, 1.82) is 0 Å². The van der Waals surface area contributed by atoms with Crippen LogP contribution in [0.4, 0.5) is 0 Å². The molecule has 1 unspecified atom stereocenters. The molecule has 0 N–H and O–H groups in total. The molecule has 450 valence electrons. The van der Waals surface area contributed by atoms with Gasteiger partial charge in [-0.3, -0.25) is 14.4 Å². The second-order valence-corrected chi connectivity index (χ2v) is 23.1. The molecule has 6 heteroatoms. The van der Waals surface area contributed by atoms with Crippen LogP contribution in [-0.4, -0.2) is 37.2 Å². The van der Waals surface area contributed by atoms with Gasteiger partial charge in [0.1, 0.15) is 13.2 Å². The number of carbonyl (C=O) groups is 3. The van der Waals surface area contributed by atoms with E-state index in [1.165, 1.54) is 244 Å². The Kier molecular flexibility index (Phi) is 63.6. The predicted molar refractivity (Wildman–Crippen MR) is 335 cm³/mol. The fourth-order valence-corrected chi connectivity index (χ4v) is 10.1. The fraction of sp³-hybridized carbons (Fsp3) is 0.845. The van der Waals surface area contributed by atoms with Gasteiger partial charge in [-0.05, 0) is 103 Å². The highest BCUT2D eigenvalue weighted by Crippen LogP contribution is 2.18. The Morgan fingerprint density at radius 2 is 0.468 bits per heavy atom. The van der Waals surface area contributed by atoms with E-state index in [9.17, 15) is 14.4 Å². The molecule has 0 aliphatic rings. The monoisotopic (exact) mass is 1080 g/mol. The summed E-state index contributed by atoms with van der Waals surface area (Å²) >= 11 is 0. The maximum absolute atomic E-state index is 12.8. The molecule has 0 spiro atoms. The maximum atomic E-state index is 12.8. The third-order valence-corrected chi connectivity index (χ3v) is 15.3. The molecular weight excluding hydrogens is 949 g/mol. The lowest BCUT2D eigenvalue weighted by Gasteiger charge is -2.18. The van der Waals surface area contributed by atoms with Crippen LogP contribution in [0.5, 0.6) is 0 Å². The van der Waals surface area contributed by atoms with Crippen LogP contribution in [-0.2, 0) is 28.6 Å². The van der Waals surface area contributed by atoms with Crippen molar-refractivity contribution in [3.63, 3.8) is 0 Å². The normalized spacial score (nSPS) is 12.3. The molecule has 0 aliphatic carbocycles. The lowest BCUT2D eigenvalue weighted by molar-refractivity contribution is -0.167. The SMILES string of the molecule is CCCCC/C=C\CCCCCCCC(=O)OCC(COC(=O)CCCCCCCCCCCCCCCCCCCCCCCCC/C=C\C/C=C\CCCCCCC)OC(=O)CCCCCCC/C=C\CCCCC. The average molecular weight is 1080 g/mol. The first-order valence-corrected chi connectivity index (χ1v) is 34.1. The maximum Gasteiger partial charge on any atom is 0.306 e. The lowest BCUT2D eigenvalue weighted by atomic mass is 10.0. The van der Waals surface area contributed by atoms with Crippen LogP contribution in [0.2, 0.25) is 0 Å². The summed E-state index contributed by atoms with van der Waals surface area (Å²) in [4.78, 5) is 38.2. The summed E-state index contributed by atoms with van der Waals surface area (Å²) in [5.41, 5.74) is 0. The second-order valence-electron chi connectivity index (χ2n) is 23.1. The van der Waals surface area contributed by atoms with Crippen molar-refractivity contribution in [3.05, 3.63) is 48.6 Å². The number of hydrogen-bond acceptors (Lipinski definition) is 6. The molecule has 0 aromatic heterocycles. The highest BCUT2D eigenvalue weighted by atomic mass is 16.6. The molecule has 0 saturated carbocycles. The fourth-order valence-electron chi connectivity index (χ4n) is 10.1. The molecule has 77 heavy (non-hydrogen) atoms. The predicted octanol–water partition coefficient (Wildman–Crippen LogP) is 23.3. The Labute approximate surface area is 479 Å². The van der Waals surface area contributed by atoms with Crippen LogP contribution in [0.1, 0.15) is 367 Å². The Morgan fingerprint density at radius 3 is 0.753 bits per heavy atom. The average Bonchev–Trinajstić information content (AvgIpc) is 3.43. The molecule has 0 aromatic carbocycles. The van der Waals surface area contributed by atoms with Gasteiger partial charge in [-0.2, -0.15) is 0 Å². The van der Waals surface area contributed by atoms with Gasteiger partial charge in [-0.15, -0.1) is 0 Å². The van der Waals surface area contributed by atoms with Gasteiger partial charge in [0.05, 0.1) is 0 Å². The molecule has 0 heterocycles. The van der Waals surface area contributed by atoms with Crippen molar-refractivity contribution >= 4 is 17.9 Å². The molecule has 1 atom stereocenters. The van der Waals surface area contributed by atoms with Gasteiger partial charge in [-0.1, -0.05) is 294 Å². The second kappa shape index (κ2) is 65.9. The number of hydrogen-bond donors (Lipinski definition) is 0. The molecule has 0 amide bonds. The Bertz CT molecular complexity index is 1330. The first-order valence-electron chi connectivity index (χ1n) is 34.1. The third kappa shape index (κ3) is 64.1. The van der Waals surface area contributed by atoms with Crippen molar-refractivity contribution in [1.82, 2.24) is 0 Å². The van der Waals surface area contributed by atoms with Crippen LogP contribution in [0.3, 0.4) is 0 Å². The number of allylic oxidation sites excluding steroid dienone is 8. The highest BCUT2D eigenvalue weighted by molar-refractivity contribution is 5.71. The minimum atomic E-state index is -0.777. The number of unbranched alkanes of at least 4 members (excludes halogenated alkanes) is 44. The molecule has 0 aromatic rings. The Balaban J connectivity index is 3.99. The zero-order valence-corrected chi connectivity index (χ0v) is 51.7. The van der Waals surface area contributed by atoms with Crippen LogP contribution < -0.4 is 0 Å². The van der Waals surface area contributed by atoms with Gasteiger partial charge in [0, 0.05) is 19.3 Å². The first-order chi connectivity index (χ1) is 38.0. The van der Waals surface area contributed by atoms with E-state index in [0.717, 1.165) is 83.5 Å². The van der Waals surface area contributed by atoms with Gasteiger partial charge >= 0.3 is 17.9 Å². The summed E-state index contributed by atoms with van der Waals surface area (Å²) in [6.45, 7) is 6.61. The van der Waals surface area contributed by atoms with E-state index < -0.39 is 6.10 Å². The summed E-state index contributed by atoms with van der Waals surface area (Å²) in [5, 5.41) is 0. The van der Waals surface area contributed by atoms with E-state index in [2.05, 4.69) is 69.4 Å². The van der Waals surface area contributed by atoms with Gasteiger partial charge < -0.3 is 14.2 Å². The summed E-state index contributed by atoms with van der Waals surface area (Å²) in [6.07, 6.45) is 83.1. The van der Waals surface area contributed by atoms with Gasteiger partial charge in [0.15, 0.2) is 6.10 Å². The summed E-state index contributed by atoms with van der Waals surface area (Å²) in [5.74, 6) is -0.875. The number of ether oxygens (including phenoxy) is 3. The molecule has 0 fully saturated rings. The van der Waals surface area contributed by atoms with Gasteiger partial charge in [0.2, 0.25) is 0 Å². The van der Waals surface area contributed by atoms with E-state index in [1.807, 2.05) is 0 Å². The molecular formula is C71H130O6. The van der Waals surface area contributed by atoms with Gasteiger partial charge in [-0.25, -0.2) is 0 Å². The van der Waals surface area contributed by atoms with Gasteiger partial charge in [0.25, 0.3) is 0 Å². The number of carbonyl (C=O) groups excluding carboxylic acids is 3. The lowest BCUT2D eigenvalue weighted by Crippen LogP contribution is -2.30. The number of esters is 3. The highest BCUT2D eigenvalue weighted by Gasteiger charge is 2.19. The smallest absolute Gasteiger partial charge is 0.306 e. The van der Waals surface area contributed by atoms with E-state index in [1.54, 1.807) is 0 Å². The molecule has 6 nitrogen and oxygen atoms in total. The molecule has 0 radical (unpaired) electrons. The largest absolute Gasteiger partial charge is 0.462 e. The first kappa shape index (κ1) is 74.4. The molecule has 0 bridgehead atoms. The summed E-state index contributed by atoms with van der Waals surface area (Å²) in [6, 6.07) is 0. The van der Waals surface area contributed by atoms with E-state index in [-0.39, 0.29) is 31.1 Å².